The highest BCUT2D eigenvalue weighted by Gasteiger charge is 2.43. The Hall–Kier alpha value is -1.10. The summed E-state index contributed by atoms with van der Waals surface area (Å²) in [7, 11) is 0. The van der Waals surface area contributed by atoms with Crippen molar-refractivity contribution in [2.45, 2.75) is 65.1 Å². The van der Waals surface area contributed by atoms with E-state index in [2.05, 4.69) is 12.2 Å². The number of nitrogens with one attached hydrogen (secondary N) is 1. The SMILES string of the molecule is CCC(C)C1NC(=O)C(C)N(C(C)C2CCOCC2)C1=O. The number of carbonyl (C=O) groups is 2. The van der Waals surface area contributed by atoms with Crippen LogP contribution in [0.2, 0.25) is 0 Å². The van der Waals surface area contributed by atoms with Crippen molar-refractivity contribution in [3.63, 3.8) is 0 Å². The van der Waals surface area contributed by atoms with Gasteiger partial charge in [-0.15, -0.1) is 0 Å². The highest BCUT2D eigenvalue weighted by atomic mass is 16.5. The van der Waals surface area contributed by atoms with Crippen LogP contribution >= 0.6 is 0 Å². The third kappa shape index (κ3) is 3.23. The first-order valence-corrected chi connectivity index (χ1v) is 8.17. The predicted molar refractivity (Wildman–Crippen MR) is 80.7 cm³/mol. The van der Waals surface area contributed by atoms with Crippen LogP contribution in [0.25, 0.3) is 0 Å². The Kier molecular flexibility index (Phi) is 5.25. The maximum atomic E-state index is 12.8. The van der Waals surface area contributed by atoms with E-state index in [0.29, 0.717) is 5.92 Å². The molecule has 4 atom stereocenters. The van der Waals surface area contributed by atoms with E-state index in [1.54, 1.807) is 0 Å². The van der Waals surface area contributed by atoms with E-state index < -0.39 is 0 Å². The molecule has 2 heterocycles. The maximum absolute atomic E-state index is 12.8. The van der Waals surface area contributed by atoms with Crippen molar-refractivity contribution in [1.29, 1.82) is 0 Å². The van der Waals surface area contributed by atoms with E-state index in [-0.39, 0.29) is 35.9 Å². The van der Waals surface area contributed by atoms with E-state index in [4.69, 9.17) is 4.74 Å². The summed E-state index contributed by atoms with van der Waals surface area (Å²) in [5.74, 6) is 0.640. The lowest BCUT2D eigenvalue weighted by atomic mass is 9.87. The summed E-state index contributed by atoms with van der Waals surface area (Å²) in [4.78, 5) is 26.9. The smallest absolute Gasteiger partial charge is 0.246 e. The quantitative estimate of drug-likeness (QED) is 0.856. The van der Waals surface area contributed by atoms with Crippen molar-refractivity contribution in [1.82, 2.24) is 10.2 Å². The van der Waals surface area contributed by atoms with Gasteiger partial charge in [0.25, 0.3) is 0 Å². The normalized spacial score (nSPS) is 31.0. The average Bonchev–Trinajstić information content (AvgIpc) is 2.51. The molecule has 120 valence electrons. The molecule has 0 aromatic carbocycles. The second-order valence-electron chi connectivity index (χ2n) is 6.48. The van der Waals surface area contributed by atoms with Crippen molar-refractivity contribution < 1.29 is 14.3 Å². The van der Waals surface area contributed by atoms with Crippen LogP contribution in [0.5, 0.6) is 0 Å². The van der Waals surface area contributed by atoms with Gasteiger partial charge in [0.05, 0.1) is 0 Å². The Labute approximate surface area is 127 Å². The molecular formula is C16H28N2O3. The molecule has 5 heteroatoms. The minimum atomic E-state index is -0.379. The van der Waals surface area contributed by atoms with Crippen molar-refractivity contribution in [3.05, 3.63) is 0 Å². The molecule has 0 saturated carbocycles. The second-order valence-corrected chi connectivity index (χ2v) is 6.48. The molecule has 21 heavy (non-hydrogen) atoms. The van der Waals surface area contributed by atoms with Gasteiger partial charge in [-0.25, -0.2) is 0 Å². The van der Waals surface area contributed by atoms with Crippen LogP contribution in [0, 0.1) is 11.8 Å². The number of carbonyl (C=O) groups excluding carboxylic acids is 2. The molecule has 2 saturated heterocycles. The zero-order valence-electron chi connectivity index (χ0n) is 13.6. The minimum absolute atomic E-state index is 0.0289. The third-order valence-corrected chi connectivity index (χ3v) is 5.21. The number of ether oxygens (including phenoxy) is 1. The molecule has 2 rings (SSSR count). The van der Waals surface area contributed by atoms with Crippen LogP contribution in [-0.4, -0.2) is 48.1 Å². The lowest BCUT2D eigenvalue weighted by molar-refractivity contribution is -0.154. The molecule has 0 bridgehead atoms. The van der Waals surface area contributed by atoms with E-state index in [1.807, 2.05) is 25.7 Å². The van der Waals surface area contributed by atoms with Gasteiger partial charge in [-0.05, 0) is 38.5 Å². The van der Waals surface area contributed by atoms with Gasteiger partial charge in [-0.3, -0.25) is 9.59 Å². The molecule has 2 amide bonds. The largest absolute Gasteiger partial charge is 0.381 e. The molecule has 2 fully saturated rings. The Morgan fingerprint density at radius 3 is 2.48 bits per heavy atom. The number of hydrogen-bond donors (Lipinski definition) is 1. The average molecular weight is 296 g/mol. The third-order valence-electron chi connectivity index (χ3n) is 5.21. The summed E-state index contributed by atoms with van der Waals surface area (Å²) in [5, 5.41) is 2.90. The number of hydrogen-bond acceptors (Lipinski definition) is 3. The molecule has 4 unspecified atom stereocenters. The summed E-state index contributed by atoms with van der Waals surface area (Å²) in [6, 6.07) is -0.661. The van der Waals surface area contributed by atoms with Crippen molar-refractivity contribution in [3.8, 4) is 0 Å². The number of amides is 2. The van der Waals surface area contributed by atoms with E-state index >= 15 is 0 Å². The van der Waals surface area contributed by atoms with Crippen LogP contribution in [0.4, 0.5) is 0 Å². The van der Waals surface area contributed by atoms with Gasteiger partial charge in [-0.2, -0.15) is 0 Å². The highest BCUT2D eigenvalue weighted by Crippen LogP contribution is 2.27. The van der Waals surface area contributed by atoms with Crippen LogP contribution in [0.1, 0.15) is 47.0 Å². The number of nitrogens with zero attached hydrogens (tertiary/aromatic N) is 1. The summed E-state index contributed by atoms with van der Waals surface area (Å²) in [6.45, 7) is 9.50. The summed E-state index contributed by atoms with van der Waals surface area (Å²) >= 11 is 0. The van der Waals surface area contributed by atoms with Crippen LogP contribution < -0.4 is 5.32 Å². The summed E-state index contributed by atoms with van der Waals surface area (Å²) in [6.07, 6.45) is 2.81. The minimum Gasteiger partial charge on any atom is -0.381 e. The van der Waals surface area contributed by atoms with Gasteiger partial charge in [0.2, 0.25) is 11.8 Å². The van der Waals surface area contributed by atoms with Gasteiger partial charge < -0.3 is 15.0 Å². The fraction of sp³-hybridized carbons (Fsp3) is 0.875. The highest BCUT2D eigenvalue weighted by molar-refractivity contribution is 5.97. The fourth-order valence-corrected chi connectivity index (χ4v) is 3.41. The molecular weight excluding hydrogens is 268 g/mol. The molecule has 0 spiro atoms. The van der Waals surface area contributed by atoms with Crippen LogP contribution in [0.15, 0.2) is 0 Å². The van der Waals surface area contributed by atoms with Crippen molar-refractivity contribution in [2.75, 3.05) is 13.2 Å². The van der Waals surface area contributed by atoms with E-state index in [0.717, 1.165) is 32.5 Å². The molecule has 2 aliphatic heterocycles. The first kappa shape index (κ1) is 16.3. The fourth-order valence-electron chi connectivity index (χ4n) is 3.41. The van der Waals surface area contributed by atoms with Gasteiger partial charge in [0.1, 0.15) is 12.1 Å². The number of rotatable bonds is 4. The lowest BCUT2D eigenvalue weighted by Crippen LogP contribution is -2.66. The molecule has 0 radical (unpaired) electrons. The van der Waals surface area contributed by atoms with E-state index in [1.165, 1.54) is 0 Å². The zero-order valence-corrected chi connectivity index (χ0v) is 13.6. The topological polar surface area (TPSA) is 58.6 Å². The standard InChI is InChI=1S/C16H28N2O3/c1-5-10(2)14-16(20)18(12(4)15(19)17-14)11(3)13-6-8-21-9-7-13/h10-14H,5-9H2,1-4H3,(H,17,19). The Balaban J connectivity index is 2.17. The lowest BCUT2D eigenvalue weighted by Gasteiger charge is -2.45. The van der Waals surface area contributed by atoms with Gasteiger partial charge in [0.15, 0.2) is 0 Å². The molecule has 0 aliphatic carbocycles. The molecule has 1 N–H and O–H groups in total. The monoisotopic (exact) mass is 296 g/mol. The molecule has 5 nitrogen and oxygen atoms in total. The first-order chi connectivity index (χ1) is 9.97. The second kappa shape index (κ2) is 6.77. The van der Waals surface area contributed by atoms with Gasteiger partial charge in [-0.1, -0.05) is 20.3 Å². The molecule has 0 aromatic rings. The Morgan fingerprint density at radius 1 is 1.29 bits per heavy atom. The maximum Gasteiger partial charge on any atom is 0.246 e. The zero-order chi connectivity index (χ0) is 15.6. The van der Waals surface area contributed by atoms with Crippen molar-refractivity contribution >= 4 is 11.8 Å². The Morgan fingerprint density at radius 2 is 1.90 bits per heavy atom. The summed E-state index contributed by atoms with van der Waals surface area (Å²) in [5.41, 5.74) is 0. The predicted octanol–water partition coefficient (Wildman–Crippen LogP) is 1.56. The molecule has 2 aliphatic rings. The first-order valence-electron chi connectivity index (χ1n) is 8.17. The summed E-state index contributed by atoms with van der Waals surface area (Å²) < 4.78 is 5.41. The van der Waals surface area contributed by atoms with E-state index in [9.17, 15) is 9.59 Å². The Bertz CT molecular complexity index is 393. The van der Waals surface area contributed by atoms with Gasteiger partial charge in [0, 0.05) is 19.3 Å². The molecule has 0 aromatic heterocycles. The van der Waals surface area contributed by atoms with Gasteiger partial charge >= 0.3 is 0 Å². The number of piperazine rings is 1. The van der Waals surface area contributed by atoms with Crippen molar-refractivity contribution in [2.24, 2.45) is 11.8 Å². The van der Waals surface area contributed by atoms with Crippen LogP contribution in [-0.2, 0) is 14.3 Å². The van der Waals surface area contributed by atoms with Crippen LogP contribution in [0.3, 0.4) is 0 Å².